The van der Waals surface area contributed by atoms with Crippen molar-refractivity contribution in [3.8, 4) is 0 Å². The van der Waals surface area contributed by atoms with E-state index in [1.165, 1.54) is 16.2 Å². The normalized spacial score (nSPS) is 13.1. The minimum Gasteiger partial charge on any atom is -0.342 e. The molecular weight excluding hydrogens is 374 g/mol. The van der Waals surface area contributed by atoms with Gasteiger partial charge in [-0.05, 0) is 26.3 Å². The van der Waals surface area contributed by atoms with Crippen molar-refractivity contribution in [2.75, 3.05) is 18.6 Å². The summed E-state index contributed by atoms with van der Waals surface area (Å²) in [6, 6.07) is -0.399. The van der Waals surface area contributed by atoms with E-state index in [-0.39, 0.29) is 29.4 Å². The van der Waals surface area contributed by atoms with Crippen LogP contribution in [0.15, 0.2) is 4.79 Å². The fourth-order valence-corrected chi connectivity index (χ4v) is 4.91. The molecule has 2 aromatic heterocycles. The lowest BCUT2D eigenvalue weighted by Gasteiger charge is -2.24. The van der Waals surface area contributed by atoms with Gasteiger partial charge >= 0.3 is 0 Å². The number of amides is 1. The maximum Gasteiger partial charge on any atom is 0.259 e. The van der Waals surface area contributed by atoms with E-state index in [1.54, 1.807) is 20.9 Å². The van der Waals surface area contributed by atoms with Crippen LogP contribution >= 0.6 is 11.3 Å². The zero-order valence-electron chi connectivity index (χ0n) is 15.7. The molecule has 2 rings (SSSR count). The number of rotatable bonds is 7. The van der Waals surface area contributed by atoms with Crippen molar-refractivity contribution in [1.82, 2.24) is 14.9 Å². The number of aromatic nitrogens is 2. The van der Waals surface area contributed by atoms with Gasteiger partial charge in [0, 0.05) is 36.6 Å². The highest BCUT2D eigenvalue weighted by Gasteiger charge is 2.21. The van der Waals surface area contributed by atoms with Crippen LogP contribution in [0, 0.1) is 13.8 Å². The molecule has 1 N–H and O–H groups in total. The van der Waals surface area contributed by atoms with Crippen molar-refractivity contribution in [1.29, 1.82) is 0 Å². The number of fused-ring (bicyclic) bond motifs is 1. The molecule has 2 aromatic rings. The fraction of sp³-hybridized carbons (Fsp3) is 0.588. The maximum atomic E-state index is 12.4. The smallest absolute Gasteiger partial charge is 0.259 e. The lowest BCUT2D eigenvalue weighted by molar-refractivity contribution is -0.131. The Morgan fingerprint density at radius 3 is 2.62 bits per heavy atom. The van der Waals surface area contributed by atoms with Crippen LogP contribution in [-0.2, 0) is 21.1 Å². The third-order valence-corrected chi connectivity index (χ3v) is 7.62. The van der Waals surface area contributed by atoms with Gasteiger partial charge in [0.15, 0.2) is 9.84 Å². The highest BCUT2D eigenvalue weighted by Crippen LogP contribution is 2.25. The van der Waals surface area contributed by atoms with Crippen molar-refractivity contribution < 1.29 is 13.2 Å². The Bertz CT molecular complexity index is 976. The van der Waals surface area contributed by atoms with Gasteiger partial charge in [-0.15, -0.1) is 11.3 Å². The van der Waals surface area contributed by atoms with Crippen molar-refractivity contribution in [2.24, 2.45) is 0 Å². The van der Waals surface area contributed by atoms with Gasteiger partial charge in [-0.3, -0.25) is 9.59 Å². The first-order valence-electron chi connectivity index (χ1n) is 8.50. The fourth-order valence-electron chi connectivity index (χ4n) is 2.66. The molecule has 0 saturated heterocycles. The van der Waals surface area contributed by atoms with Crippen molar-refractivity contribution >= 4 is 37.3 Å². The number of aryl methyl sites for hydroxylation is 3. The maximum absolute atomic E-state index is 12.4. The Hall–Kier alpha value is -1.74. The van der Waals surface area contributed by atoms with E-state index < -0.39 is 15.9 Å². The van der Waals surface area contributed by atoms with Crippen molar-refractivity contribution in [3.63, 3.8) is 0 Å². The predicted octanol–water partition coefficient (Wildman–Crippen LogP) is 1.82. The zero-order chi connectivity index (χ0) is 19.6. The Morgan fingerprint density at radius 1 is 1.35 bits per heavy atom. The number of aromatic amines is 1. The molecule has 9 heteroatoms. The Morgan fingerprint density at radius 2 is 2.00 bits per heavy atom. The largest absolute Gasteiger partial charge is 0.342 e. The minimum atomic E-state index is -3.15. The first-order chi connectivity index (χ1) is 12.1. The van der Waals surface area contributed by atoms with E-state index in [2.05, 4.69) is 9.97 Å². The molecule has 1 atom stereocenters. The number of H-pyrrole nitrogens is 1. The number of thiophene rings is 1. The summed E-state index contributed by atoms with van der Waals surface area (Å²) in [6.45, 7) is 7.16. The van der Waals surface area contributed by atoms with Crippen LogP contribution in [-0.4, -0.2) is 53.8 Å². The standard InChI is InChI=1S/C17H25N3O4S2/c1-6-26(23,24)9-10(2)20(5)14(21)8-7-13-18-16(22)15-11(3)12(4)25-17(15)19-13/h10H,6-9H2,1-5H3,(H,18,19,22)/t10-/m1/s1. The first-order valence-corrected chi connectivity index (χ1v) is 11.1. The summed E-state index contributed by atoms with van der Waals surface area (Å²) >= 11 is 1.47. The molecule has 0 radical (unpaired) electrons. The molecule has 0 aliphatic carbocycles. The van der Waals surface area contributed by atoms with E-state index in [9.17, 15) is 18.0 Å². The third-order valence-electron chi connectivity index (χ3n) is 4.65. The molecule has 0 aromatic carbocycles. The molecule has 0 bridgehead atoms. The van der Waals surface area contributed by atoms with Crippen LogP contribution in [0.5, 0.6) is 0 Å². The summed E-state index contributed by atoms with van der Waals surface area (Å²) in [5.74, 6) is 0.300. The summed E-state index contributed by atoms with van der Waals surface area (Å²) in [4.78, 5) is 35.0. The molecule has 2 heterocycles. The minimum absolute atomic E-state index is 0.0550. The van der Waals surface area contributed by atoms with E-state index >= 15 is 0 Å². The monoisotopic (exact) mass is 399 g/mol. The molecule has 0 unspecified atom stereocenters. The van der Waals surface area contributed by atoms with Gasteiger partial charge in [-0.25, -0.2) is 13.4 Å². The van der Waals surface area contributed by atoms with E-state index in [1.807, 2.05) is 13.8 Å². The van der Waals surface area contributed by atoms with Gasteiger partial charge in [0.05, 0.1) is 11.1 Å². The summed E-state index contributed by atoms with van der Waals surface area (Å²) in [6.07, 6.45) is 0.461. The van der Waals surface area contributed by atoms with Gasteiger partial charge in [0.1, 0.15) is 10.7 Å². The van der Waals surface area contributed by atoms with Gasteiger partial charge in [-0.1, -0.05) is 6.92 Å². The lowest BCUT2D eigenvalue weighted by Crippen LogP contribution is -2.40. The van der Waals surface area contributed by atoms with E-state index in [4.69, 9.17) is 0 Å². The Balaban J connectivity index is 2.07. The summed E-state index contributed by atoms with van der Waals surface area (Å²) in [5.41, 5.74) is 0.752. The van der Waals surface area contributed by atoms with Crippen LogP contribution in [0.4, 0.5) is 0 Å². The van der Waals surface area contributed by atoms with Crippen LogP contribution in [0.1, 0.15) is 36.5 Å². The first kappa shape index (κ1) is 20.6. The lowest BCUT2D eigenvalue weighted by atomic mass is 10.2. The summed E-state index contributed by atoms with van der Waals surface area (Å²) < 4.78 is 23.4. The van der Waals surface area contributed by atoms with Crippen LogP contribution < -0.4 is 5.56 Å². The van der Waals surface area contributed by atoms with Gasteiger partial charge < -0.3 is 9.88 Å². The summed E-state index contributed by atoms with van der Waals surface area (Å²) in [7, 11) is -1.55. The number of hydrogen-bond acceptors (Lipinski definition) is 6. The van der Waals surface area contributed by atoms with Gasteiger partial charge in [-0.2, -0.15) is 0 Å². The van der Waals surface area contributed by atoms with Crippen LogP contribution in [0.3, 0.4) is 0 Å². The second kappa shape index (κ2) is 7.87. The van der Waals surface area contributed by atoms with E-state index in [0.717, 1.165) is 10.4 Å². The van der Waals surface area contributed by atoms with Crippen LogP contribution in [0.25, 0.3) is 10.2 Å². The topological polar surface area (TPSA) is 100 Å². The molecule has 1 amide bonds. The number of nitrogens with one attached hydrogen (secondary N) is 1. The number of carbonyl (C=O) groups is 1. The molecular formula is C17H25N3O4S2. The van der Waals surface area contributed by atoms with Gasteiger partial charge in [0.2, 0.25) is 5.91 Å². The number of carbonyl (C=O) groups excluding carboxylic acids is 1. The molecule has 7 nitrogen and oxygen atoms in total. The molecule has 0 aliphatic heterocycles. The second-order valence-corrected chi connectivity index (χ2v) is 10.1. The molecule has 0 aliphatic rings. The average molecular weight is 400 g/mol. The molecule has 0 saturated carbocycles. The molecule has 0 fully saturated rings. The predicted molar refractivity (Wildman–Crippen MR) is 105 cm³/mol. The molecule has 0 spiro atoms. The average Bonchev–Trinajstić information content (AvgIpc) is 2.86. The van der Waals surface area contributed by atoms with Gasteiger partial charge in [0.25, 0.3) is 5.56 Å². The molecule has 144 valence electrons. The summed E-state index contributed by atoms with van der Waals surface area (Å²) in [5, 5.41) is 0.609. The third kappa shape index (κ3) is 4.50. The number of nitrogens with zero attached hydrogens (tertiary/aromatic N) is 2. The number of hydrogen-bond donors (Lipinski definition) is 1. The highest BCUT2D eigenvalue weighted by atomic mass is 32.2. The quantitative estimate of drug-likeness (QED) is 0.765. The van der Waals surface area contributed by atoms with Crippen molar-refractivity contribution in [3.05, 3.63) is 26.6 Å². The second-order valence-electron chi connectivity index (χ2n) is 6.53. The SMILES string of the molecule is CCS(=O)(=O)C[C@@H](C)N(C)C(=O)CCc1nc2sc(C)c(C)c2c(=O)[nH]1. The highest BCUT2D eigenvalue weighted by molar-refractivity contribution is 7.91. The zero-order valence-corrected chi connectivity index (χ0v) is 17.4. The number of sulfone groups is 1. The van der Waals surface area contributed by atoms with Crippen molar-refractivity contribution in [2.45, 2.75) is 46.6 Å². The molecule has 26 heavy (non-hydrogen) atoms. The Labute approximate surface area is 157 Å². The Kier molecular flexibility index (Phi) is 6.23. The van der Waals surface area contributed by atoms with Crippen LogP contribution in [0.2, 0.25) is 0 Å². The van der Waals surface area contributed by atoms with E-state index in [0.29, 0.717) is 22.5 Å².